The van der Waals surface area contributed by atoms with Crippen molar-refractivity contribution in [3.8, 4) is 44.5 Å². The average molecular weight is 1630 g/mol. The summed E-state index contributed by atoms with van der Waals surface area (Å²) in [6.45, 7) is 56.4. The Labute approximate surface area is 720 Å². The minimum atomic E-state index is -0.200. The number of nitrogens with one attached hydrogen (secondary N) is 4. The van der Waals surface area contributed by atoms with Gasteiger partial charge in [0.1, 0.15) is 0 Å². The summed E-state index contributed by atoms with van der Waals surface area (Å²) in [5.41, 5.74) is 32.2. The molecule has 12 aromatic heterocycles. The molecule has 22 rings (SSSR count). The number of aromatic nitrogens is 8. The third-order valence-electron chi connectivity index (χ3n) is 27.0. The molecular weight excluding hydrogens is 1520 g/mol. The number of hydrogen-bond donors (Lipinski definition) is 4. The largest absolute Gasteiger partial charge is 0.354 e. The number of thiophene rings is 2. The number of aromatic amines is 4. The predicted molar refractivity (Wildman–Crippen MR) is 531 cm³/mol. The fourth-order valence-corrected chi connectivity index (χ4v) is 22.4. The Morgan fingerprint density at radius 3 is 0.754 bits per heavy atom. The molecule has 12 heterocycles. The molecule has 16 bridgehead atoms. The standard InChI is InChI=1S/C112H106N8S2/c1-105(2,3)59-37-55(38-60(45-59)106(4,5)6)87-75-33-35-77(113-75)93-101-73(91-67-29-25-27-31-85(67)121-103(91)93)53-83(119-101)90(58-43-65(111(19,20)21)48-66(44-58)112(22,23)24)82-52-72-70-50-80-88(56-39-61(107(7,8)9)46-62(40-56)108(10,11)12)76-34-36-78(114-76)94-102-74(92-68-30-26-28-32-86(68)122-104(92)94)54-84(120-102)89(57-41-63(109(13,14)15)47-64(42-57)110(16,17)18)81-51-71-69-49-79(87)115-97(69)95(100(72)118-82)96(98(70)116-80)99(71)117-81/h25-54,113-114,117-118H,1-24H3. The molecule has 0 atom stereocenters. The van der Waals surface area contributed by atoms with Crippen LogP contribution in [0.1, 0.15) is 211 Å². The summed E-state index contributed by atoms with van der Waals surface area (Å²) in [7, 11) is 0. The lowest BCUT2D eigenvalue weighted by molar-refractivity contribution is 0.568. The highest BCUT2D eigenvalue weighted by Crippen LogP contribution is 2.55. The molecule has 22 aromatic rings. The smallest absolute Gasteiger partial charge is 0.0824 e. The summed E-state index contributed by atoms with van der Waals surface area (Å²) >= 11 is 3.74. The monoisotopic (exact) mass is 1630 g/mol. The summed E-state index contributed by atoms with van der Waals surface area (Å²) in [6.07, 6.45) is 0. The van der Waals surface area contributed by atoms with Crippen LogP contribution in [-0.2, 0) is 43.3 Å². The topological polar surface area (TPSA) is 115 Å². The molecule has 4 N–H and O–H groups in total. The van der Waals surface area contributed by atoms with E-state index < -0.39 is 0 Å². The molecule has 0 saturated carbocycles. The van der Waals surface area contributed by atoms with Crippen molar-refractivity contribution in [2.75, 3.05) is 0 Å². The third-order valence-corrected chi connectivity index (χ3v) is 29.4. The molecule has 0 unspecified atom stereocenters. The van der Waals surface area contributed by atoms with Crippen molar-refractivity contribution < 1.29 is 0 Å². The Morgan fingerprint density at radius 1 is 0.213 bits per heavy atom. The fourth-order valence-electron chi connectivity index (χ4n) is 19.8. The van der Waals surface area contributed by atoms with Gasteiger partial charge in [0.15, 0.2) is 0 Å². The van der Waals surface area contributed by atoms with Gasteiger partial charge in [-0.3, -0.25) is 0 Å². The lowest BCUT2D eigenvalue weighted by atomic mass is 9.79. The van der Waals surface area contributed by atoms with Gasteiger partial charge in [-0.25, -0.2) is 19.9 Å². The second-order valence-electron chi connectivity index (χ2n) is 43.9. The van der Waals surface area contributed by atoms with Crippen LogP contribution in [0.3, 0.4) is 0 Å². The summed E-state index contributed by atoms with van der Waals surface area (Å²) in [5, 5.41) is 15.6. The third kappa shape index (κ3) is 11.6. The minimum Gasteiger partial charge on any atom is -0.354 e. The van der Waals surface area contributed by atoms with Crippen LogP contribution >= 0.6 is 22.7 Å². The highest BCUT2D eigenvalue weighted by atomic mass is 32.1. The highest BCUT2D eigenvalue weighted by Gasteiger charge is 2.34. The average Bonchev–Trinajstić information content (AvgIpc) is 1.52. The molecular formula is C112H106N8S2. The van der Waals surface area contributed by atoms with Gasteiger partial charge in [-0.1, -0.05) is 275 Å². The van der Waals surface area contributed by atoms with Crippen molar-refractivity contribution in [2.24, 2.45) is 0 Å². The molecule has 0 saturated heterocycles. The molecule has 0 fully saturated rings. The van der Waals surface area contributed by atoms with Gasteiger partial charge in [-0.15, -0.1) is 22.7 Å². The van der Waals surface area contributed by atoms with Gasteiger partial charge >= 0.3 is 0 Å². The Bertz CT molecular complexity index is 7770. The molecule has 0 aliphatic rings. The zero-order chi connectivity index (χ0) is 85.2. The first kappa shape index (κ1) is 76.6. The van der Waals surface area contributed by atoms with Crippen LogP contribution in [0.2, 0.25) is 0 Å². The van der Waals surface area contributed by atoms with Crippen LogP contribution in [-0.4, -0.2) is 39.9 Å². The molecule has 10 heteroatoms. The van der Waals surface area contributed by atoms with Crippen LogP contribution in [0.25, 0.3) is 227 Å². The zero-order valence-electron chi connectivity index (χ0n) is 74.9. The number of benzene rings is 8. The van der Waals surface area contributed by atoms with Crippen molar-refractivity contribution in [1.29, 1.82) is 0 Å². The molecule has 122 heavy (non-hydrogen) atoms. The van der Waals surface area contributed by atoms with E-state index >= 15 is 0 Å². The quantitative estimate of drug-likeness (QED) is 0.141. The molecule has 606 valence electrons. The Morgan fingerprint density at radius 2 is 0.467 bits per heavy atom. The van der Waals surface area contributed by atoms with E-state index in [2.05, 4.69) is 368 Å². The van der Waals surface area contributed by atoms with E-state index in [0.717, 1.165) is 187 Å². The first-order valence-corrected chi connectivity index (χ1v) is 45.4. The van der Waals surface area contributed by atoms with Gasteiger partial charge in [0, 0.05) is 150 Å². The molecule has 0 amide bonds. The molecule has 0 radical (unpaired) electrons. The van der Waals surface area contributed by atoms with E-state index in [-0.39, 0.29) is 43.3 Å². The maximum absolute atomic E-state index is 6.42. The van der Waals surface area contributed by atoms with Crippen molar-refractivity contribution in [3.05, 3.63) is 226 Å². The normalized spacial score (nSPS) is 13.7. The fraction of sp³-hybridized carbons (Fsp3) is 0.286. The summed E-state index contributed by atoms with van der Waals surface area (Å²) in [6, 6.07) is 71.4. The molecule has 0 aliphatic carbocycles. The molecule has 8 nitrogen and oxygen atoms in total. The summed E-state index contributed by atoms with van der Waals surface area (Å²) < 4.78 is 4.95. The lowest BCUT2D eigenvalue weighted by Crippen LogP contribution is -2.16. The predicted octanol–water partition coefficient (Wildman–Crippen LogP) is 32.8. The van der Waals surface area contributed by atoms with Crippen molar-refractivity contribution >= 4 is 205 Å². The highest BCUT2D eigenvalue weighted by molar-refractivity contribution is 7.27. The maximum Gasteiger partial charge on any atom is 0.0824 e. The van der Waals surface area contributed by atoms with E-state index in [4.69, 9.17) is 19.9 Å². The number of hydrogen-bond acceptors (Lipinski definition) is 6. The number of nitrogens with zero attached hydrogens (tertiary/aromatic N) is 4. The van der Waals surface area contributed by atoms with Gasteiger partial charge in [0.05, 0.1) is 55.2 Å². The number of fused-ring (bicyclic) bond motifs is 24. The van der Waals surface area contributed by atoms with Gasteiger partial charge < -0.3 is 19.9 Å². The molecule has 10 aromatic carbocycles. The number of rotatable bonds is 4. The van der Waals surface area contributed by atoms with Crippen LogP contribution in [0.5, 0.6) is 0 Å². The van der Waals surface area contributed by atoms with Gasteiger partial charge in [0.25, 0.3) is 0 Å². The van der Waals surface area contributed by atoms with Gasteiger partial charge in [0.2, 0.25) is 0 Å². The SMILES string of the molecule is CC(C)(C)c1cc(-c2c3cc4c5cc6[nH]c5c5c7nc(cc7c7cc([nH]c7c5c4n3)c(-c3cc(C(C)(C)C)cc(C(C)(C)C)c3)c3cc4c(n3)c(c3ccc2[nH]3)c2sc3ccccc3c42)c(-c2cc(C(C)(C)C)cc(C(C)(C)C)c2)c2ccc([nH]2)c2c3nc(cc3c3c4ccccc4sc32)c6-c2cc(C(C)(C)C)cc(C(C)(C)C)c2)cc(C(C)(C)C)c1. The summed E-state index contributed by atoms with van der Waals surface area (Å²) in [5.74, 6) is 0. The van der Waals surface area contributed by atoms with E-state index in [1.54, 1.807) is 0 Å². The van der Waals surface area contributed by atoms with Crippen molar-refractivity contribution in [2.45, 2.75) is 209 Å². The van der Waals surface area contributed by atoms with Crippen molar-refractivity contribution in [3.63, 3.8) is 0 Å². The van der Waals surface area contributed by atoms with E-state index in [1.165, 1.54) is 84.9 Å². The Balaban J connectivity index is 1.04. The second-order valence-corrected chi connectivity index (χ2v) is 46.0. The van der Waals surface area contributed by atoms with Gasteiger partial charge in [-0.05, 0) is 183 Å². The van der Waals surface area contributed by atoms with Gasteiger partial charge in [-0.2, -0.15) is 0 Å². The Kier molecular flexibility index (Phi) is 15.8. The van der Waals surface area contributed by atoms with E-state index in [1.807, 2.05) is 22.7 Å². The minimum absolute atomic E-state index is 0.196. The van der Waals surface area contributed by atoms with E-state index in [9.17, 15) is 0 Å². The maximum atomic E-state index is 6.42. The first-order valence-electron chi connectivity index (χ1n) is 43.7. The van der Waals surface area contributed by atoms with Crippen LogP contribution in [0, 0.1) is 0 Å². The lowest BCUT2D eigenvalue weighted by Gasteiger charge is -2.26. The Hall–Kier alpha value is -11.6. The first-order chi connectivity index (χ1) is 57.4. The van der Waals surface area contributed by atoms with Crippen LogP contribution < -0.4 is 0 Å². The van der Waals surface area contributed by atoms with Crippen molar-refractivity contribution in [1.82, 2.24) is 39.9 Å². The van der Waals surface area contributed by atoms with E-state index in [0.29, 0.717) is 0 Å². The second kappa shape index (κ2) is 25.1. The van der Waals surface area contributed by atoms with Crippen LogP contribution in [0.4, 0.5) is 0 Å². The molecule has 0 aliphatic heterocycles. The summed E-state index contributed by atoms with van der Waals surface area (Å²) in [4.78, 5) is 42.7. The van der Waals surface area contributed by atoms with Crippen LogP contribution in [0.15, 0.2) is 182 Å². The molecule has 0 spiro atoms. The zero-order valence-corrected chi connectivity index (χ0v) is 76.6. The number of H-pyrrole nitrogens is 4.